The molecular weight excluding hydrogens is 324 g/mol. The van der Waals surface area contributed by atoms with Crippen molar-refractivity contribution in [3.63, 3.8) is 0 Å². The Morgan fingerprint density at radius 2 is 2.15 bits per heavy atom. The number of hydrogen-bond donors (Lipinski definition) is 1. The van der Waals surface area contributed by atoms with Gasteiger partial charge in [-0.1, -0.05) is 15.9 Å². The molecule has 0 aliphatic rings. The van der Waals surface area contributed by atoms with Crippen molar-refractivity contribution in [1.82, 2.24) is 5.43 Å². The number of benzene rings is 1. The summed E-state index contributed by atoms with van der Waals surface area (Å²) in [7, 11) is 0. The summed E-state index contributed by atoms with van der Waals surface area (Å²) < 4.78 is 11.5. The van der Waals surface area contributed by atoms with Crippen LogP contribution in [0.3, 0.4) is 0 Å². The Balaban J connectivity index is 1.84. The molecule has 0 spiro atoms. The molecule has 1 unspecified atom stereocenters. The third kappa shape index (κ3) is 4.24. The fourth-order valence-corrected chi connectivity index (χ4v) is 1.65. The second-order valence-corrected chi connectivity index (χ2v) is 4.88. The highest BCUT2D eigenvalue weighted by atomic mass is 79.9. The molecule has 2 aromatic rings. The zero-order chi connectivity index (χ0) is 14.4. The minimum atomic E-state index is -0.648. The first kappa shape index (κ1) is 14.3. The topological polar surface area (TPSA) is 63.8 Å². The SMILES string of the molecule is CC(Oc1ccc(Br)cc1)C(=O)NN=Cc1ccco1. The number of hydrazone groups is 1. The van der Waals surface area contributed by atoms with Crippen LogP contribution in [-0.4, -0.2) is 18.2 Å². The molecule has 1 heterocycles. The summed E-state index contributed by atoms with van der Waals surface area (Å²) in [5, 5.41) is 3.78. The maximum Gasteiger partial charge on any atom is 0.280 e. The summed E-state index contributed by atoms with van der Waals surface area (Å²) in [6.45, 7) is 1.65. The molecule has 5 nitrogen and oxygen atoms in total. The first-order valence-corrected chi connectivity index (χ1v) is 6.73. The summed E-state index contributed by atoms with van der Waals surface area (Å²) in [4.78, 5) is 11.8. The van der Waals surface area contributed by atoms with Crippen molar-refractivity contribution in [3.8, 4) is 5.75 Å². The average Bonchev–Trinajstić information content (AvgIpc) is 2.94. The highest BCUT2D eigenvalue weighted by molar-refractivity contribution is 9.10. The Labute approximate surface area is 124 Å². The number of amides is 1. The maximum atomic E-state index is 11.8. The Kier molecular flexibility index (Phi) is 4.95. The van der Waals surface area contributed by atoms with Gasteiger partial charge in [0.1, 0.15) is 11.5 Å². The lowest BCUT2D eigenvalue weighted by Gasteiger charge is -2.12. The lowest BCUT2D eigenvalue weighted by Crippen LogP contribution is -2.33. The highest BCUT2D eigenvalue weighted by Gasteiger charge is 2.13. The summed E-state index contributed by atoms with van der Waals surface area (Å²) in [6.07, 6.45) is 2.30. The van der Waals surface area contributed by atoms with E-state index in [9.17, 15) is 4.79 Å². The quantitative estimate of drug-likeness (QED) is 0.674. The molecule has 0 saturated heterocycles. The normalized spacial score (nSPS) is 12.3. The van der Waals surface area contributed by atoms with E-state index in [-0.39, 0.29) is 5.91 Å². The Hall–Kier alpha value is -2.08. The lowest BCUT2D eigenvalue weighted by molar-refractivity contribution is -0.127. The number of halogens is 1. The van der Waals surface area contributed by atoms with Gasteiger partial charge in [-0.05, 0) is 43.3 Å². The van der Waals surface area contributed by atoms with E-state index in [2.05, 4.69) is 26.5 Å². The molecule has 1 N–H and O–H groups in total. The van der Waals surface area contributed by atoms with Gasteiger partial charge in [-0.15, -0.1) is 0 Å². The van der Waals surface area contributed by atoms with E-state index in [1.807, 2.05) is 12.1 Å². The predicted molar refractivity (Wildman–Crippen MR) is 78.7 cm³/mol. The van der Waals surface area contributed by atoms with Crippen LogP contribution in [0.1, 0.15) is 12.7 Å². The van der Waals surface area contributed by atoms with Crippen LogP contribution in [-0.2, 0) is 4.79 Å². The second kappa shape index (κ2) is 6.91. The summed E-state index contributed by atoms with van der Waals surface area (Å²) >= 11 is 3.33. The smallest absolute Gasteiger partial charge is 0.280 e. The van der Waals surface area contributed by atoms with Gasteiger partial charge >= 0.3 is 0 Å². The molecule has 1 aromatic heterocycles. The number of ether oxygens (including phenoxy) is 1. The lowest BCUT2D eigenvalue weighted by atomic mass is 10.3. The van der Waals surface area contributed by atoms with E-state index >= 15 is 0 Å². The van der Waals surface area contributed by atoms with Gasteiger partial charge in [-0.25, -0.2) is 5.43 Å². The highest BCUT2D eigenvalue weighted by Crippen LogP contribution is 2.17. The van der Waals surface area contributed by atoms with Crippen LogP contribution < -0.4 is 10.2 Å². The van der Waals surface area contributed by atoms with Crippen molar-refractivity contribution in [1.29, 1.82) is 0 Å². The summed E-state index contributed by atoms with van der Waals surface area (Å²) in [5.41, 5.74) is 2.39. The fourth-order valence-electron chi connectivity index (χ4n) is 1.39. The molecule has 0 fully saturated rings. The van der Waals surface area contributed by atoms with Crippen LogP contribution in [0.4, 0.5) is 0 Å². The number of nitrogens with one attached hydrogen (secondary N) is 1. The van der Waals surface area contributed by atoms with Crippen LogP contribution in [0.2, 0.25) is 0 Å². The zero-order valence-corrected chi connectivity index (χ0v) is 12.3. The Bertz CT molecular complexity index is 579. The molecule has 1 amide bonds. The number of hydrogen-bond acceptors (Lipinski definition) is 4. The van der Waals surface area contributed by atoms with E-state index in [0.29, 0.717) is 11.5 Å². The molecule has 0 aliphatic heterocycles. The van der Waals surface area contributed by atoms with Crippen LogP contribution in [0.15, 0.2) is 56.7 Å². The largest absolute Gasteiger partial charge is 0.481 e. The second-order valence-electron chi connectivity index (χ2n) is 3.96. The third-order valence-corrected chi connectivity index (χ3v) is 2.93. The van der Waals surface area contributed by atoms with Gasteiger partial charge in [0.2, 0.25) is 0 Å². The summed E-state index contributed by atoms with van der Waals surface area (Å²) in [6, 6.07) is 10.7. The van der Waals surface area contributed by atoms with E-state index < -0.39 is 6.10 Å². The molecule has 0 saturated carbocycles. The van der Waals surface area contributed by atoms with Crippen molar-refractivity contribution in [2.75, 3.05) is 0 Å². The monoisotopic (exact) mass is 336 g/mol. The van der Waals surface area contributed by atoms with Crippen LogP contribution >= 0.6 is 15.9 Å². The molecule has 2 rings (SSSR count). The van der Waals surface area contributed by atoms with Gasteiger partial charge in [0.15, 0.2) is 6.10 Å². The average molecular weight is 337 g/mol. The van der Waals surface area contributed by atoms with Gasteiger partial charge in [-0.3, -0.25) is 4.79 Å². The number of carbonyl (C=O) groups is 1. The first-order valence-electron chi connectivity index (χ1n) is 5.94. The number of nitrogens with zero attached hydrogens (tertiary/aromatic N) is 1. The van der Waals surface area contributed by atoms with Crippen molar-refractivity contribution >= 4 is 28.1 Å². The molecule has 0 aliphatic carbocycles. The minimum absolute atomic E-state index is 0.337. The maximum absolute atomic E-state index is 11.8. The van der Waals surface area contributed by atoms with Crippen molar-refractivity contribution in [2.24, 2.45) is 5.10 Å². The first-order chi connectivity index (χ1) is 9.65. The molecule has 0 bridgehead atoms. The molecule has 104 valence electrons. The van der Waals surface area contributed by atoms with Crippen LogP contribution in [0.25, 0.3) is 0 Å². The van der Waals surface area contributed by atoms with Gasteiger partial charge in [0.25, 0.3) is 5.91 Å². The third-order valence-electron chi connectivity index (χ3n) is 2.41. The van der Waals surface area contributed by atoms with Gasteiger partial charge in [0.05, 0.1) is 12.5 Å². The molecule has 6 heteroatoms. The van der Waals surface area contributed by atoms with E-state index in [1.54, 1.807) is 31.2 Å². The number of rotatable bonds is 5. The standard InChI is InChI=1S/C14H13BrN2O3/c1-10(20-12-6-4-11(15)5-7-12)14(18)17-16-9-13-3-2-8-19-13/h2-10H,1H3,(H,17,18). The van der Waals surface area contributed by atoms with Crippen molar-refractivity contribution in [3.05, 3.63) is 52.9 Å². The van der Waals surface area contributed by atoms with Crippen molar-refractivity contribution < 1.29 is 13.9 Å². The predicted octanol–water partition coefficient (Wildman–Crippen LogP) is 2.96. The van der Waals surface area contributed by atoms with Crippen LogP contribution in [0, 0.1) is 0 Å². The fraction of sp³-hybridized carbons (Fsp3) is 0.143. The molecule has 1 aromatic carbocycles. The van der Waals surface area contributed by atoms with Crippen LogP contribution in [0.5, 0.6) is 5.75 Å². The van der Waals surface area contributed by atoms with E-state index in [4.69, 9.17) is 9.15 Å². The number of furan rings is 1. The van der Waals surface area contributed by atoms with E-state index in [1.165, 1.54) is 12.5 Å². The van der Waals surface area contributed by atoms with Gasteiger partial charge in [0, 0.05) is 4.47 Å². The number of carbonyl (C=O) groups excluding carboxylic acids is 1. The summed E-state index contributed by atoms with van der Waals surface area (Å²) in [5.74, 6) is 0.841. The molecule has 1 atom stereocenters. The molecule has 20 heavy (non-hydrogen) atoms. The minimum Gasteiger partial charge on any atom is -0.481 e. The Morgan fingerprint density at radius 3 is 2.80 bits per heavy atom. The van der Waals surface area contributed by atoms with Gasteiger partial charge < -0.3 is 9.15 Å². The molecular formula is C14H13BrN2O3. The van der Waals surface area contributed by atoms with Gasteiger partial charge in [-0.2, -0.15) is 5.10 Å². The zero-order valence-electron chi connectivity index (χ0n) is 10.7. The van der Waals surface area contributed by atoms with Crippen molar-refractivity contribution in [2.45, 2.75) is 13.0 Å². The van der Waals surface area contributed by atoms with E-state index in [0.717, 1.165) is 4.47 Å². The Morgan fingerprint density at radius 1 is 1.40 bits per heavy atom. The molecule has 0 radical (unpaired) electrons.